The fourth-order valence-electron chi connectivity index (χ4n) is 8.99. The Hall–Kier alpha value is -0.860. The number of esters is 1. The van der Waals surface area contributed by atoms with Gasteiger partial charge in [-0.2, -0.15) is 0 Å². The van der Waals surface area contributed by atoms with E-state index < -0.39 is 5.41 Å². The normalized spacial score (nSPS) is 12.4. The van der Waals surface area contributed by atoms with Crippen LogP contribution in [0.3, 0.4) is 0 Å². The highest BCUT2D eigenvalue weighted by molar-refractivity contribution is 5.89. The van der Waals surface area contributed by atoms with E-state index in [-0.39, 0.29) is 11.9 Å². The second-order valence-corrected chi connectivity index (χ2v) is 18.0. The van der Waals surface area contributed by atoms with Crippen molar-refractivity contribution in [1.29, 1.82) is 0 Å². The summed E-state index contributed by atoms with van der Waals surface area (Å²) >= 11 is 0. The summed E-state index contributed by atoms with van der Waals surface area (Å²) in [5.41, 5.74) is -0.646. The number of ether oxygens (including phenoxy) is 1. The van der Waals surface area contributed by atoms with Gasteiger partial charge < -0.3 is 4.74 Å². The summed E-state index contributed by atoms with van der Waals surface area (Å²) in [6.45, 7) is 11.9. The molecule has 0 aliphatic rings. The zero-order valence-corrected chi connectivity index (χ0v) is 38.7. The molecule has 328 valence electrons. The average Bonchev–Trinajstić information content (AvgIpc) is 3.19. The van der Waals surface area contributed by atoms with Crippen LogP contribution in [0.4, 0.5) is 0 Å². The molecule has 3 heteroatoms. The Bertz CT molecular complexity index is 774. The molecule has 0 aliphatic heterocycles. The van der Waals surface area contributed by atoms with Crippen molar-refractivity contribution in [2.75, 3.05) is 6.61 Å². The average molecular weight is 775 g/mol. The second-order valence-electron chi connectivity index (χ2n) is 18.0. The van der Waals surface area contributed by atoms with E-state index in [1.54, 1.807) is 0 Å². The molecule has 0 amide bonds. The molecular formula is C52H102O3. The fraction of sp³-hybridized carbons (Fsp3) is 0.962. The van der Waals surface area contributed by atoms with Gasteiger partial charge in [-0.25, -0.2) is 0 Å². The first-order valence-electron chi connectivity index (χ1n) is 25.7. The standard InChI is InChI=1S/C52H102O3/c1-6-11-16-21-26-28-30-33-38-43-48-55-51(54)52(46-41-36-24-19-14-9-4,47-42-37-25-20-15-10-5)49(44-39-34-31-23-18-13-8-3)50(53)45-40-35-32-29-27-22-17-12-7-2/h49H,6-48H2,1-5H3. The molecule has 0 bridgehead atoms. The lowest BCUT2D eigenvalue weighted by Crippen LogP contribution is -2.44. The van der Waals surface area contributed by atoms with Crippen LogP contribution in [0.5, 0.6) is 0 Å². The van der Waals surface area contributed by atoms with Crippen molar-refractivity contribution in [3.8, 4) is 0 Å². The van der Waals surface area contributed by atoms with E-state index in [9.17, 15) is 9.59 Å². The Balaban J connectivity index is 5.92. The zero-order chi connectivity index (χ0) is 40.3. The minimum Gasteiger partial charge on any atom is -0.465 e. The van der Waals surface area contributed by atoms with Crippen LogP contribution in [0.1, 0.15) is 304 Å². The van der Waals surface area contributed by atoms with Gasteiger partial charge >= 0.3 is 5.97 Å². The van der Waals surface area contributed by atoms with Gasteiger partial charge in [-0.3, -0.25) is 9.59 Å². The molecule has 0 spiro atoms. The molecule has 0 radical (unpaired) electrons. The molecule has 0 rings (SSSR count). The van der Waals surface area contributed by atoms with Gasteiger partial charge in [0.2, 0.25) is 0 Å². The van der Waals surface area contributed by atoms with Gasteiger partial charge in [-0.15, -0.1) is 0 Å². The van der Waals surface area contributed by atoms with E-state index in [2.05, 4.69) is 34.6 Å². The molecule has 0 aromatic rings. The highest BCUT2D eigenvalue weighted by Gasteiger charge is 2.48. The molecule has 0 saturated heterocycles. The number of unbranched alkanes of at least 4 members (excludes halogenated alkanes) is 33. The van der Waals surface area contributed by atoms with Crippen LogP contribution in [0.25, 0.3) is 0 Å². The number of ketones is 1. The molecule has 0 aromatic heterocycles. The number of hydrogen-bond donors (Lipinski definition) is 0. The lowest BCUT2D eigenvalue weighted by Gasteiger charge is -2.39. The number of carbonyl (C=O) groups is 2. The molecule has 55 heavy (non-hydrogen) atoms. The van der Waals surface area contributed by atoms with Gasteiger partial charge in [0.25, 0.3) is 0 Å². The largest absolute Gasteiger partial charge is 0.465 e. The predicted octanol–water partition coefficient (Wildman–Crippen LogP) is 18.2. The molecule has 1 atom stereocenters. The topological polar surface area (TPSA) is 43.4 Å². The lowest BCUT2D eigenvalue weighted by molar-refractivity contribution is -0.165. The molecule has 0 fully saturated rings. The van der Waals surface area contributed by atoms with E-state index in [1.165, 1.54) is 199 Å². The summed E-state index contributed by atoms with van der Waals surface area (Å²) in [5, 5.41) is 0. The third-order valence-corrected chi connectivity index (χ3v) is 12.8. The maximum absolute atomic E-state index is 14.8. The van der Waals surface area contributed by atoms with Crippen LogP contribution in [-0.4, -0.2) is 18.4 Å². The summed E-state index contributed by atoms with van der Waals surface area (Å²) in [7, 11) is 0. The fourth-order valence-corrected chi connectivity index (χ4v) is 8.99. The molecular weight excluding hydrogens is 673 g/mol. The van der Waals surface area contributed by atoms with Crippen LogP contribution in [0.2, 0.25) is 0 Å². The van der Waals surface area contributed by atoms with Gasteiger partial charge in [0.15, 0.2) is 0 Å². The van der Waals surface area contributed by atoms with Crippen molar-refractivity contribution in [2.45, 2.75) is 304 Å². The number of rotatable bonds is 46. The molecule has 0 heterocycles. The van der Waals surface area contributed by atoms with Gasteiger partial charge in [0.1, 0.15) is 5.78 Å². The van der Waals surface area contributed by atoms with Crippen LogP contribution in [0, 0.1) is 11.3 Å². The first kappa shape index (κ1) is 54.1. The maximum atomic E-state index is 14.8. The highest BCUT2D eigenvalue weighted by Crippen LogP contribution is 2.45. The number of hydrogen-bond acceptors (Lipinski definition) is 3. The maximum Gasteiger partial charge on any atom is 0.312 e. The third kappa shape index (κ3) is 31.8. The molecule has 0 N–H and O–H groups in total. The summed E-state index contributed by atoms with van der Waals surface area (Å²) < 4.78 is 6.38. The van der Waals surface area contributed by atoms with Crippen molar-refractivity contribution in [3.63, 3.8) is 0 Å². The Kier molecular flexibility index (Phi) is 42.1. The summed E-state index contributed by atoms with van der Waals surface area (Å²) in [6.07, 6.45) is 50.7. The van der Waals surface area contributed by atoms with Crippen molar-refractivity contribution >= 4 is 11.8 Å². The molecule has 0 aromatic carbocycles. The first-order valence-corrected chi connectivity index (χ1v) is 25.7. The van der Waals surface area contributed by atoms with Crippen LogP contribution < -0.4 is 0 Å². The third-order valence-electron chi connectivity index (χ3n) is 12.8. The van der Waals surface area contributed by atoms with Gasteiger partial charge in [-0.1, -0.05) is 266 Å². The van der Waals surface area contributed by atoms with Crippen molar-refractivity contribution < 1.29 is 14.3 Å². The van der Waals surface area contributed by atoms with E-state index >= 15 is 0 Å². The number of Topliss-reactive ketones (excluding diaryl/α,β-unsaturated/α-hetero) is 1. The SMILES string of the molecule is CCCCCCCCCCCCOC(=O)C(CCCCCCCC)(CCCCCCCC)C(CCCCCCCCC)C(=O)CCCCCCCCCCC. The zero-order valence-electron chi connectivity index (χ0n) is 38.7. The van der Waals surface area contributed by atoms with Crippen LogP contribution in [-0.2, 0) is 14.3 Å². The Labute approximate surface area is 347 Å². The minimum absolute atomic E-state index is 0.00100. The quantitative estimate of drug-likeness (QED) is 0.0457. The van der Waals surface area contributed by atoms with Gasteiger partial charge in [0.05, 0.1) is 12.0 Å². The van der Waals surface area contributed by atoms with E-state index in [4.69, 9.17) is 4.74 Å². The number of carbonyl (C=O) groups excluding carboxylic acids is 2. The van der Waals surface area contributed by atoms with Crippen molar-refractivity contribution in [1.82, 2.24) is 0 Å². The van der Waals surface area contributed by atoms with Gasteiger partial charge in [-0.05, 0) is 32.1 Å². The minimum atomic E-state index is -0.646. The first-order chi connectivity index (χ1) is 27.0. The smallest absolute Gasteiger partial charge is 0.312 e. The molecule has 0 saturated carbocycles. The summed E-state index contributed by atoms with van der Waals surface area (Å²) in [6, 6.07) is 0. The molecule has 1 unspecified atom stereocenters. The molecule has 3 nitrogen and oxygen atoms in total. The Morgan fingerprint density at radius 1 is 0.364 bits per heavy atom. The Morgan fingerprint density at radius 3 is 1.02 bits per heavy atom. The highest BCUT2D eigenvalue weighted by atomic mass is 16.5. The second kappa shape index (κ2) is 42.7. The predicted molar refractivity (Wildman–Crippen MR) is 244 cm³/mol. The summed E-state index contributed by atoms with van der Waals surface area (Å²) in [5.74, 6) is 0.212. The Morgan fingerprint density at radius 2 is 0.655 bits per heavy atom. The van der Waals surface area contributed by atoms with Crippen molar-refractivity contribution in [2.24, 2.45) is 11.3 Å². The lowest BCUT2D eigenvalue weighted by atomic mass is 9.64. The monoisotopic (exact) mass is 775 g/mol. The van der Waals surface area contributed by atoms with E-state index in [0.717, 1.165) is 64.2 Å². The van der Waals surface area contributed by atoms with Crippen LogP contribution in [0.15, 0.2) is 0 Å². The van der Waals surface area contributed by atoms with Crippen LogP contribution >= 0.6 is 0 Å². The van der Waals surface area contributed by atoms with E-state index in [1.807, 2.05) is 0 Å². The van der Waals surface area contributed by atoms with Crippen molar-refractivity contribution in [3.05, 3.63) is 0 Å². The van der Waals surface area contributed by atoms with E-state index in [0.29, 0.717) is 18.8 Å². The summed E-state index contributed by atoms with van der Waals surface area (Å²) in [4.78, 5) is 29.4. The van der Waals surface area contributed by atoms with Gasteiger partial charge in [0, 0.05) is 12.3 Å². The molecule has 0 aliphatic carbocycles.